The Morgan fingerprint density at radius 3 is 1.40 bits per heavy atom. The van der Waals surface area contributed by atoms with Crippen LogP contribution in [-0.4, -0.2) is 25.9 Å². The van der Waals surface area contributed by atoms with Gasteiger partial charge in [0.2, 0.25) is 0 Å². The number of hydrogen-bond donors (Lipinski definition) is 4. The molecule has 0 heterocycles. The molecule has 7 heteroatoms. The standard InChI is InChI=1S/C3H7O.Na.H3O4P/c1-3(2)4;;1-5(2,3)4/h3-4H,1H2,2H3;;(H3,1,2,3,4)/q-1;+1;. The van der Waals surface area contributed by atoms with Crippen molar-refractivity contribution in [2.75, 3.05) is 0 Å². The molecule has 5 nitrogen and oxygen atoms in total. The van der Waals surface area contributed by atoms with Gasteiger partial charge in [-0.25, -0.2) is 4.57 Å². The van der Waals surface area contributed by atoms with Crippen LogP contribution in [0.5, 0.6) is 0 Å². The van der Waals surface area contributed by atoms with Crippen LogP contribution in [-0.2, 0) is 4.57 Å². The van der Waals surface area contributed by atoms with Gasteiger partial charge in [0.1, 0.15) is 0 Å². The number of aliphatic hydroxyl groups excluding tert-OH is 1. The van der Waals surface area contributed by atoms with Crippen LogP contribution in [0.1, 0.15) is 6.92 Å². The minimum atomic E-state index is -4.64. The number of rotatable bonds is 0. The van der Waals surface area contributed by atoms with Crippen molar-refractivity contribution in [2.24, 2.45) is 0 Å². The summed E-state index contributed by atoms with van der Waals surface area (Å²) >= 11 is 0. The third-order valence-electron chi connectivity index (χ3n) is 0. The molecule has 1 atom stereocenters. The van der Waals surface area contributed by atoms with Gasteiger partial charge in [-0.15, -0.1) is 0 Å². The van der Waals surface area contributed by atoms with Gasteiger partial charge in [-0.2, -0.15) is 0 Å². The van der Waals surface area contributed by atoms with E-state index in [0.29, 0.717) is 0 Å². The first-order chi connectivity index (χ1) is 3.73. The second-order valence-corrected chi connectivity index (χ2v) is 2.39. The third kappa shape index (κ3) is 516. The molecular weight excluding hydrogens is 170 g/mol. The molecular formula is C3H10NaO5P. The van der Waals surface area contributed by atoms with E-state index < -0.39 is 13.9 Å². The zero-order valence-electron chi connectivity index (χ0n) is 5.93. The minimum absolute atomic E-state index is 0. The normalized spacial score (nSPS) is 12.2. The molecule has 0 saturated heterocycles. The maximum atomic E-state index is 8.88. The van der Waals surface area contributed by atoms with Gasteiger partial charge in [-0.05, 0) is 0 Å². The van der Waals surface area contributed by atoms with Crippen LogP contribution in [0.15, 0.2) is 0 Å². The third-order valence-corrected chi connectivity index (χ3v) is 0. The van der Waals surface area contributed by atoms with Crippen molar-refractivity contribution < 1.29 is 53.9 Å². The van der Waals surface area contributed by atoms with Gasteiger partial charge in [-0.3, -0.25) is 0 Å². The SMILES string of the molecule is O=P(O)(O)O.[CH2-]C(C)O.[Na+]. The molecule has 0 aromatic heterocycles. The molecule has 0 bridgehead atoms. The van der Waals surface area contributed by atoms with Gasteiger partial charge in [0.05, 0.1) is 0 Å². The smallest absolute Gasteiger partial charge is 0.426 e. The van der Waals surface area contributed by atoms with Crippen molar-refractivity contribution in [3.63, 3.8) is 0 Å². The Bertz CT molecular complexity index is 88.0. The van der Waals surface area contributed by atoms with E-state index in [4.69, 9.17) is 24.4 Å². The summed E-state index contributed by atoms with van der Waals surface area (Å²) in [5.74, 6) is 0. The van der Waals surface area contributed by atoms with Crippen LogP contribution in [0.4, 0.5) is 0 Å². The molecule has 58 valence electrons. The summed E-state index contributed by atoms with van der Waals surface area (Å²) in [5, 5.41) is 7.94. The Hall–Kier alpha value is 1.07. The van der Waals surface area contributed by atoms with Crippen molar-refractivity contribution in [3.8, 4) is 0 Å². The van der Waals surface area contributed by atoms with Crippen LogP contribution in [0.3, 0.4) is 0 Å². The van der Waals surface area contributed by atoms with Crippen molar-refractivity contribution in [2.45, 2.75) is 13.0 Å². The van der Waals surface area contributed by atoms with Gasteiger partial charge in [0.25, 0.3) is 0 Å². The predicted molar refractivity (Wildman–Crippen MR) is 31.3 cm³/mol. The molecule has 0 aliphatic heterocycles. The largest absolute Gasteiger partial charge is 1.00 e. The summed E-state index contributed by atoms with van der Waals surface area (Å²) in [7, 11) is -4.64. The number of aliphatic hydroxyl groups is 1. The number of hydrogen-bond acceptors (Lipinski definition) is 2. The van der Waals surface area contributed by atoms with E-state index >= 15 is 0 Å². The summed E-state index contributed by atoms with van der Waals surface area (Å²) < 4.78 is 8.88. The number of phosphoric acid groups is 1. The summed E-state index contributed by atoms with van der Waals surface area (Å²) in [6.07, 6.45) is -0.417. The molecule has 0 radical (unpaired) electrons. The first kappa shape index (κ1) is 17.2. The van der Waals surface area contributed by atoms with E-state index in [-0.39, 0.29) is 29.6 Å². The van der Waals surface area contributed by atoms with E-state index in [1.54, 1.807) is 6.92 Å². The summed E-state index contributed by atoms with van der Waals surface area (Å²) in [4.78, 5) is 21.6. The monoisotopic (exact) mass is 180 g/mol. The van der Waals surface area contributed by atoms with Crippen molar-refractivity contribution in [1.29, 1.82) is 0 Å². The molecule has 0 aliphatic carbocycles. The van der Waals surface area contributed by atoms with E-state index in [1.165, 1.54) is 0 Å². The van der Waals surface area contributed by atoms with Crippen LogP contribution >= 0.6 is 7.82 Å². The Balaban J connectivity index is -0.0000000910. The Morgan fingerprint density at radius 2 is 1.40 bits per heavy atom. The first-order valence-electron chi connectivity index (χ1n) is 2.03. The van der Waals surface area contributed by atoms with Gasteiger partial charge < -0.3 is 26.7 Å². The fourth-order valence-electron chi connectivity index (χ4n) is 0. The average molecular weight is 180 g/mol. The Labute approximate surface area is 81.6 Å². The average Bonchev–Trinajstić information content (AvgIpc) is 1.19. The zero-order chi connectivity index (χ0) is 8.08. The minimum Gasteiger partial charge on any atom is -0.426 e. The quantitative estimate of drug-likeness (QED) is 0.174. The Morgan fingerprint density at radius 1 is 1.40 bits per heavy atom. The first-order valence-corrected chi connectivity index (χ1v) is 3.59. The van der Waals surface area contributed by atoms with E-state index in [0.717, 1.165) is 0 Å². The van der Waals surface area contributed by atoms with Crippen LogP contribution in [0.2, 0.25) is 0 Å². The summed E-state index contributed by atoms with van der Waals surface area (Å²) in [6.45, 7) is 4.81. The van der Waals surface area contributed by atoms with Crippen molar-refractivity contribution >= 4 is 7.82 Å². The predicted octanol–water partition coefficient (Wildman–Crippen LogP) is -3.72. The second-order valence-electron chi connectivity index (χ2n) is 1.36. The maximum Gasteiger partial charge on any atom is 1.00 e. The van der Waals surface area contributed by atoms with E-state index in [9.17, 15) is 0 Å². The molecule has 1 unspecified atom stereocenters. The second kappa shape index (κ2) is 8.17. The van der Waals surface area contributed by atoms with Crippen LogP contribution < -0.4 is 29.6 Å². The molecule has 0 rings (SSSR count). The summed E-state index contributed by atoms with van der Waals surface area (Å²) in [6, 6.07) is 0. The van der Waals surface area contributed by atoms with Crippen LogP contribution in [0.25, 0.3) is 0 Å². The molecule has 0 aliphatic rings. The topological polar surface area (TPSA) is 98.0 Å². The molecule has 0 spiro atoms. The van der Waals surface area contributed by atoms with E-state index in [1.807, 2.05) is 0 Å². The van der Waals surface area contributed by atoms with Crippen molar-refractivity contribution in [3.05, 3.63) is 6.92 Å². The molecule has 0 fully saturated rings. The fourth-order valence-corrected chi connectivity index (χ4v) is 0. The Kier molecular flexibility index (Phi) is 14.1. The van der Waals surface area contributed by atoms with Gasteiger partial charge in [-0.1, -0.05) is 13.0 Å². The molecule has 0 aromatic carbocycles. The molecule has 0 saturated carbocycles. The molecule has 0 amide bonds. The molecule has 10 heavy (non-hydrogen) atoms. The van der Waals surface area contributed by atoms with Crippen LogP contribution in [0, 0.1) is 6.92 Å². The van der Waals surface area contributed by atoms with Crippen molar-refractivity contribution in [1.82, 2.24) is 0 Å². The maximum absolute atomic E-state index is 8.88. The summed E-state index contributed by atoms with van der Waals surface area (Å²) in [5.41, 5.74) is 0. The van der Waals surface area contributed by atoms with Gasteiger partial charge >= 0.3 is 37.4 Å². The fraction of sp³-hybridized carbons (Fsp3) is 0.667. The zero-order valence-corrected chi connectivity index (χ0v) is 8.82. The van der Waals surface area contributed by atoms with E-state index in [2.05, 4.69) is 6.92 Å². The molecule has 4 N–H and O–H groups in total. The van der Waals surface area contributed by atoms with Gasteiger partial charge in [0, 0.05) is 0 Å². The molecule has 0 aromatic rings. The van der Waals surface area contributed by atoms with Gasteiger partial charge in [0.15, 0.2) is 0 Å².